The van der Waals surface area contributed by atoms with Gasteiger partial charge in [0.05, 0.1) is 23.1 Å². The zero-order valence-corrected chi connectivity index (χ0v) is 14.5. The number of ether oxygens (including phenoxy) is 1. The molecule has 0 saturated heterocycles. The monoisotopic (exact) mass is 370 g/mol. The third-order valence-electron chi connectivity index (χ3n) is 3.10. The summed E-state index contributed by atoms with van der Waals surface area (Å²) in [5.74, 6) is -0.720. The van der Waals surface area contributed by atoms with E-state index >= 15 is 0 Å². The van der Waals surface area contributed by atoms with Crippen molar-refractivity contribution in [2.24, 2.45) is 0 Å². The summed E-state index contributed by atoms with van der Waals surface area (Å²) in [5.41, 5.74) is 1.15. The Morgan fingerprint density at radius 1 is 0.957 bits per heavy atom. The average Bonchev–Trinajstić information content (AvgIpc) is 2.51. The normalized spacial score (nSPS) is 10.4. The number of esters is 1. The molecule has 0 saturated carbocycles. The molecule has 0 atom stereocenters. The topological polar surface area (TPSA) is 43.4 Å². The van der Waals surface area contributed by atoms with Gasteiger partial charge in [-0.15, -0.1) is 0 Å². The molecule has 0 aliphatic rings. The standard InChI is InChI=1S/C17H13Cl3O3/c1-2-23-16(21)8-10-3-5-14(19)12(7-10)17(22)13-9-11(18)4-6-15(13)20/h3-7,9H,2,8H2,1H3. The summed E-state index contributed by atoms with van der Waals surface area (Å²) >= 11 is 18.1. The Bertz CT molecular complexity index is 757. The quantitative estimate of drug-likeness (QED) is 0.550. The Labute approximate surface area is 149 Å². The lowest BCUT2D eigenvalue weighted by molar-refractivity contribution is -0.142. The minimum Gasteiger partial charge on any atom is -0.466 e. The van der Waals surface area contributed by atoms with Crippen LogP contribution in [0.3, 0.4) is 0 Å². The van der Waals surface area contributed by atoms with Crippen molar-refractivity contribution in [3.8, 4) is 0 Å². The van der Waals surface area contributed by atoms with Gasteiger partial charge in [-0.2, -0.15) is 0 Å². The Balaban J connectivity index is 2.36. The fourth-order valence-corrected chi connectivity index (χ4v) is 2.63. The Kier molecular flexibility index (Phi) is 6.05. The van der Waals surface area contributed by atoms with Crippen molar-refractivity contribution in [3.05, 3.63) is 68.2 Å². The van der Waals surface area contributed by atoms with E-state index in [-0.39, 0.29) is 39.3 Å². The molecule has 3 nitrogen and oxygen atoms in total. The summed E-state index contributed by atoms with van der Waals surface area (Å²) in [7, 11) is 0. The molecule has 0 spiro atoms. The summed E-state index contributed by atoms with van der Waals surface area (Å²) in [4.78, 5) is 24.2. The van der Waals surface area contributed by atoms with Crippen molar-refractivity contribution in [1.82, 2.24) is 0 Å². The highest BCUT2D eigenvalue weighted by atomic mass is 35.5. The van der Waals surface area contributed by atoms with E-state index in [0.29, 0.717) is 17.2 Å². The van der Waals surface area contributed by atoms with Crippen LogP contribution in [-0.2, 0) is 16.0 Å². The predicted octanol–water partition coefficient (Wildman–Crippen LogP) is 4.98. The van der Waals surface area contributed by atoms with Crippen molar-refractivity contribution in [2.45, 2.75) is 13.3 Å². The second kappa shape index (κ2) is 7.82. The molecule has 120 valence electrons. The second-order valence-corrected chi connectivity index (χ2v) is 6.00. The average molecular weight is 372 g/mol. The lowest BCUT2D eigenvalue weighted by atomic mass is 10.00. The van der Waals surface area contributed by atoms with Crippen LogP contribution in [0.4, 0.5) is 0 Å². The van der Waals surface area contributed by atoms with Gasteiger partial charge >= 0.3 is 5.97 Å². The molecule has 6 heteroatoms. The highest BCUT2D eigenvalue weighted by Gasteiger charge is 2.18. The number of hydrogen-bond donors (Lipinski definition) is 0. The summed E-state index contributed by atoms with van der Waals surface area (Å²) in [5, 5.41) is 0.960. The molecule has 0 fully saturated rings. The second-order valence-electron chi connectivity index (χ2n) is 4.75. The zero-order chi connectivity index (χ0) is 17.0. The molecule has 0 aliphatic carbocycles. The SMILES string of the molecule is CCOC(=O)Cc1ccc(Cl)c(C(=O)c2cc(Cl)ccc2Cl)c1. The van der Waals surface area contributed by atoms with Gasteiger partial charge < -0.3 is 4.74 Å². The van der Waals surface area contributed by atoms with Gasteiger partial charge in [0, 0.05) is 16.1 Å². The number of hydrogen-bond acceptors (Lipinski definition) is 3. The molecule has 0 aliphatic heterocycles. The Hall–Kier alpha value is -1.55. The van der Waals surface area contributed by atoms with Crippen molar-refractivity contribution in [1.29, 1.82) is 0 Å². The summed E-state index contributed by atoms with van der Waals surface area (Å²) < 4.78 is 4.90. The van der Waals surface area contributed by atoms with Crippen molar-refractivity contribution in [3.63, 3.8) is 0 Å². The maximum atomic E-state index is 12.7. The number of halogens is 3. The number of ketones is 1. The molecule has 0 aromatic heterocycles. The fourth-order valence-electron chi connectivity index (χ4n) is 2.05. The van der Waals surface area contributed by atoms with Crippen LogP contribution in [0.25, 0.3) is 0 Å². The van der Waals surface area contributed by atoms with Crippen molar-refractivity contribution >= 4 is 46.6 Å². The Morgan fingerprint density at radius 2 is 1.57 bits per heavy atom. The van der Waals surface area contributed by atoms with Crippen LogP contribution in [0.1, 0.15) is 28.4 Å². The van der Waals surface area contributed by atoms with Gasteiger partial charge in [-0.05, 0) is 42.8 Å². The van der Waals surface area contributed by atoms with Crippen LogP contribution in [0, 0.1) is 0 Å². The number of carbonyl (C=O) groups is 2. The number of carbonyl (C=O) groups excluding carboxylic acids is 2. The van der Waals surface area contributed by atoms with E-state index in [2.05, 4.69) is 0 Å². The molecule has 2 aromatic rings. The first-order valence-electron chi connectivity index (χ1n) is 6.86. The molecule has 0 amide bonds. The van der Waals surface area contributed by atoms with Crippen molar-refractivity contribution < 1.29 is 14.3 Å². The number of benzene rings is 2. The van der Waals surface area contributed by atoms with E-state index in [1.165, 1.54) is 6.07 Å². The van der Waals surface area contributed by atoms with Crippen LogP contribution in [0.5, 0.6) is 0 Å². The molecular weight excluding hydrogens is 359 g/mol. The Morgan fingerprint density at radius 3 is 2.22 bits per heavy atom. The predicted molar refractivity (Wildman–Crippen MR) is 91.7 cm³/mol. The maximum absolute atomic E-state index is 12.7. The van der Waals surface area contributed by atoms with E-state index in [4.69, 9.17) is 39.5 Å². The third kappa shape index (κ3) is 4.47. The molecule has 0 N–H and O–H groups in total. The van der Waals surface area contributed by atoms with Crippen LogP contribution in [0.15, 0.2) is 36.4 Å². The van der Waals surface area contributed by atoms with Gasteiger partial charge in [0.15, 0.2) is 5.78 Å². The van der Waals surface area contributed by atoms with E-state index in [1.54, 1.807) is 37.3 Å². The molecule has 0 bridgehead atoms. The minimum atomic E-state index is -0.367. The van der Waals surface area contributed by atoms with E-state index in [1.807, 2.05) is 0 Å². The summed E-state index contributed by atoms with van der Waals surface area (Å²) in [6, 6.07) is 9.45. The highest BCUT2D eigenvalue weighted by molar-refractivity contribution is 6.39. The van der Waals surface area contributed by atoms with E-state index < -0.39 is 0 Å². The minimum absolute atomic E-state index is 0.0641. The zero-order valence-electron chi connectivity index (χ0n) is 12.2. The molecule has 0 heterocycles. The van der Waals surface area contributed by atoms with Crippen molar-refractivity contribution in [2.75, 3.05) is 6.61 Å². The molecular formula is C17H13Cl3O3. The van der Waals surface area contributed by atoms with Gasteiger partial charge in [0.2, 0.25) is 0 Å². The van der Waals surface area contributed by atoms with Crippen LogP contribution >= 0.6 is 34.8 Å². The summed E-state index contributed by atoms with van der Waals surface area (Å²) in [6.07, 6.45) is 0.0641. The first-order chi connectivity index (χ1) is 10.9. The first kappa shape index (κ1) is 17.8. The van der Waals surface area contributed by atoms with Crippen LogP contribution in [0.2, 0.25) is 15.1 Å². The smallest absolute Gasteiger partial charge is 0.310 e. The number of rotatable bonds is 5. The highest BCUT2D eigenvalue weighted by Crippen LogP contribution is 2.27. The van der Waals surface area contributed by atoms with Crippen LogP contribution < -0.4 is 0 Å². The van der Waals surface area contributed by atoms with E-state index in [0.717, 1.165) is 0 Å². The van der Waals surface area contributed by atoms with Gasteiger partial charge in [-0.25, -0.2) is 0 Å². The first-order valence-corrected chi connectivity index (χ1v) is 7.99. The summed E-state index contributed by atoms with van der Waals surface area (Å²) in [6.45, 7) is 2.03. The van der Waals surface area contributed by atoms with Crippen LogP contribution in [-0.4, -0.2) is 18.4 Å². The lowest BCUT2D eigenvalue weighted by Gasteiger charge is -2.09. The molecule has 2 aromatic carbocycles. The van der Waals surface area contributed by atoms with Gasteiger partial charge in [0.1, 0.15) is 0 Å². The lowest BCUT2D eigenvalue weighted by Crippen LogP contribution is -2.09. The van der Waals surface area contributed by atoms with Gasteiger partial charge in [0.25, 0.3) is 0 Å². The molecule has 0 radical (unpaired) electrons. The molecule has 0 unspecified atom stereocenters. The largest absolute Gasteiger partial charge is 0.466 e. The maximum Gasteiger partial charge on any atom is 0.310 e. The van der Waals surface area contributed by atoms with E-state index in [9.17, 15) is 9.59 Å². The van der Waals surface area contributed by atoms with Gasteiger partial charge in [-0.1, -0.05) is 40.9 Å². The molecule has 2 rings (SSSR count). The van der Waals surface area contributed by atoms with Gasteiger partial charge in [-0.3, -0.25) is 9.59 Å². The fraction of sp³-hybridized carbons (Fsp3) is 0.176. The molecule has 23 heavy (non-hydrogen) atoms. The third-order valence-corrected chi connectivity index (χ3v) is 4.00.